The lowest BCUT2D eigenvalue weighted by atomic mass is 10.0. The maximum atomic E-state index is 12.3. The van der Waals surface area contributed by atoms with Crippen molar-refractivity contribution in [2.24, 2.45) is 0 Å². The molecule has 0 saturated carbocycles. The molecule has 0 aliphatic heterocycles. The number of unbranched alkanes of at least 4 members (excludes halogenated alkanes) is 1. The predicted molar refractivity (Wildman–Crippen MR) is 123 cm³/mol. The van der Waals surface area contributed by atoms with Gasteiger partial charge in [0.1, 0.15) is 5.75 Å². The molecule has 0 radical (unpaired) electrons. The number of carbonyl (C=O) groups excluding carboxylic acids is 1. The van der Waals surface area contributed by atoms with E-state index in [0.717, 1.165) is 34.1 Å². The van der Waals surface area contributed by atoms with E-state index >= 15 is 0 Å². The highest BCUT2D eigenvalue weighted by atomic mass is 79.9. The predicted octanol–water partition coefficient (Wildman–Crippen LogP) is 6.78. The van der Waals surface area contributed by atoms with Crippen LogP contribution in [0.1, 0.15) is 30.9 Å². The third kappa shape index (κ3) is 6.20. The summed E-state index contributed by atoms with van der Waals surface area (Å²) < 4.78 is 6.53. The minimum Gasteiger partial charge on any atom is -0.484 e. The van der Waals surface area contributed by atoms with Gasteiger partial charge in [-0.3, -0.25) is 4.79 Å². The fourth-order valence-electron chi connectivity index (χ4n) is 3.02. The lowest BCUT2D eigenvalue weighted by Gasteiger charge is -2.11. The van der Waals surface area contributed by atoms with Gasteiger partial charge in [-0.25, -0.2) is 0 Å². The van der Waals surface area contributed by atoms with Crippen LogP contribution in [0.15, 0.2) is 71.2 Å². The van der Waals surface area contributed by atoms with Gasteiger partial charge in [0, 0.05) is 4.47 Å². The zero-order chi connectivity index (χ0) is 20.6. The third-order valence-electron chi connectivity index (χ3n) is 4.74. The smallest absolute Gasteiger partial charge is 0.262 e. The summed E-state index contributed by atoms with van der Waals surface area (Å²) in [7, 11) is 0. The molecular weight excluding hydrogens is 426 g/mol. The molecule has 150 valence electrons. The lowest BCUT2D eigenvalue weighted by molar-refractivity contribution is -0.118. The van der Waals surface area contributed by atoms with E-state index in [1.807, 2.05) is 30.3 Å². The van der Waals surface area contributed by atoms with Crippen LogP contribution < -0.4 is 10.1 Å². The first-order chi connectivity index (χ1) is 14.0. The zero-order valence-corrected chi connectivity index (χ0v) is 18.5. The summed E-state index contributed by atoms with van der Waals surface area (Å²) in [5.41, 5.74) is 5.54. The number of nitrogens with one attached hydrogen (secondary N) is 1. The number of anilines is 1. The average Bonchev–Trinajstić information content (AvgIpc) is 2.73. The molecule has 3 rings (SSSR count). The molecule has 3 nitrogen and oxygen atoms in total. The Hall–Kier alpha value is -2.59. The summed E-state index contributed by atoms with van der Waals surface area (Å²) in [5.74, 6) is 0.486. The van der Waals surface area contributed by atoms with E-state index in [0.29, 0.717) is 5.75 Å². The van der Waals surface area contributed by atoms with Crippen LogP contribution in [0.25, 0.3) is 11.1 Å². The first-order valence-corrected chi connectivity index (χ1v) is 10.7. The van der Waals surface area contributed by atoms with Crippen molar-refractivity contribution in [1.29, 1.82) is 0 Å². The second-order valence-electron chi connectivity index (χ2n) is 7.15. The summed E-state index contributed by atoms with van der Waals surface area (Å²) >= 11 is 3.54. The van der Waals surface area contributed by atoms with E-state index in [9.17, 15) is 4.79 Å². The largest absolute Gasteiger partial charge is 0.484 e. The molecular formula is C25H26BrNO2. The Bertz CT molecular complexity index is 950. The SMILES string of the molecule is CCCCc1ccc(NC(=O)COc2ccc(-c3ccc(C)cc3)cc2)c(Br)c1. The molecule has 0 aliphatic carbocycles. The number of halogens is 1. The first-order valence-electron chi connectivity index (χ1n) is 9.93. The van der Waals surface area contributed by atoms with Gasteiger partial charge in [0.2, 0.25) is 0 Å². The molecule has 3 aromatic rings. The molecule has 0 bridgehead atoms. The molecule has 0 aromatic heterocycles. The number of amides is 1. The summed E-state index contributed by atoms with van der Waals surface area (Å²) in [5, 5.41) is 2.90. The molecule has 0 atom stereocenters. The molecule has 0 spiro atoms. The Balaban J connectivity index is 1.53. The zero-order valence-electron chi connectivity index (χ0n) is 16.9. The number of hydrogen-bond acceptors (Lipinski definition) is 2. The lowest BCUT2D eigenvalue weighted by Crippen LogP contribution is -2.20. The van der Waals surface area contributed by atoms with Crippen molar-refractivity contribution >= 4 is 27.5 Å². The highest BCUT2D eigenvalue weighted by molar-refractivity contribution is 9.10. The van der Waals surface area contributed by atoms with E-state index in [4.69, 9.17) is 4.74 Å². The van der Waals surface area contributed by atoms with Crippen molar-refractivity contribution in [3.8, 4) is 16.9 Å². The van der Waals surface area contributed by atoms with Gasteiger partial charge in [0.25, 0.3) is 5.91 Å². The van der Waals surface area contributed by atoms with Crippen LogP contribution in [0.5, 0.6) is 5.75 Å². The molecule has 0 heterocycles. The molecule has 0 unspecified atom stereocenters. The number of aryl methyl sites for hydroxylation is 2. The maximum absolute atomic E-state index is 12.3. The van der Waals surface area contributed by atoms with Crippen molar-refractivity contribution < 1.29 is 9.53 Å². The summed E-state index contributed by atoms with van der Waals surface area (Å²) in [6.07, 6.45) is 3.37. The topological polar surface area (TPSA) is 38.3 Å². The Morgan fingerprint density at radius 2 is 1.62 bits per heavy atom. The van der Waals surface area contributed by atoms with E-state index in [1.54, 1.807) is 0 Å². The molecule has 3 aromatic carbocycles. The average molecular weight is 452 g/mol. The van der Waals surface area contributed by atoms with Gasteiger partial charge in [-0.05, 0) is 76.7 Å². The summed E-state index contributed by atoms with van der Waals surface area (Å²) in [4.78, 5) is 12.3. The van der Waals surface area contributed by atoms with E-state index in [1.165, 1.54) is 17.5 Å². The Labute approximate surface area is 181 Å². The standard InChI is InChI=1S/C25H26BrNO2/c1-3-4-5-19-8-15-24(23(26)16-19)27-25(28)17-29-22-13-11-21(12-14-22)20-9-6-18(2)7-10-20/h6-16H,3-5,17H2,1-2H3,(H,27,28). The van der Waals surface area contributed by atoms with Crippen LogP contribution in [-0.2, 0) is 11.2 Å². The van der Waals surface area contributed by atoms with Crippen LogP contribution >= 0.6 is 15.9 Å². The van der Waals surface area contributed by atoms with Crippen molar-refractivity contribution in [2.75, 3.05) is 11.9 Å². The van der Waals surface area contributed by atoms with Crippen LogP contribution in [0.2, 0.25) is 0 Å². The van der Waals surface area contributed by atoms with E-state index in [-0.39, 0.29) is 12.5 Å². The normalized spacial score (nSPS) is 10.6. The van der Waals surface area contributed by atoms with Crippen LogP contribution in [-0.4, -0.2) is 12.5 Å². The monoisotopic (exact) mass is 451 g/mol. The van der Waals surface area contributed by atoms with E-state index < -0.39 is 0 Å². The number of carbonyl (C=O) groups is 1. The summed E-state index contributed by atoms with van der Waals surface area (Å²) in [6, 6.07) is 22.2. The number of hydrogen-bond donors (Lipinski definition) is 1. The molecule has 29 heavy (non-hydrogen) atoms. The van der Waals surface area contributed by atoms with Crippen LogP contribution in [0.4, 0.5) is 5.69 Å². The summed E-state index contributed by atoms with van der Waals surface area (Å²) in [6.45, 7) is 4.22. The molecule has 4 heteroatoms. The highest BCUT2D eigenvalue weighted by Crippen LogP contribution is 2.25. The Morgan fingerprint density at radius 1 is 0.966 bits per heavy atom. The second-order valence-corrected chi connectivity index (χ2v) is 8.00. The molecule has 0 fully saturated rings. The van der Waals surface area contributed by atoms with Gasteiger partial charge in [-0.2, -0.15) is 0 Å². The van der Waals surface area contributed by atoms with E-state index in [2.05, 4.69) is 71.5 Å². The van der Waals surface area contributed by atoms with Gasteiger partial charge in [-0.15, -0.1) is 0 Å². The highest BCUT2D eigenvalue weighted by Gasteiger charge is 2.08. The van der Waals surface area contributed by atoms with Gasteiger partial charge < -0.3 is 10.1 Å². The molecule has 0 aliphatic rings. The van der Waals surface area contributed by atoms with Crippen molar-refractivity contribution in [1.82, 2.24) is 0 Å². The van der Waals surface area contributed by atoms with Crippen LogP contribution in [0.3, 0.4) is 0 Å². The minimum absolute atomic E-state index is 0.0338. The molecule has 0 saturated heterocycles. The van der Waals surface area contributed by atoms with Crippen molar-refractivity contribution in [3.63, 3.8) is 0 Å². The van der Waals surface area contributed by atoms with Gasteiger partial charge in [0.05, 0.1) is 5.69 Å². The third-order valence-corrected chi connectivity index (χ3v) is 5.39. The van der Waals surface area contributed by atoms with Gasteiger partial charge in [-0.1, -0.05) is 61.4 Å². The first kappa shape index (κ1) is 21.1. The fourth-order valence-corrected chi connectivity index (χ4v) is 3.55. The Morgan fingerprint density at radius 3 is 2.24 bits per heavy atom. The second kappa shape index (κ2) is 10.3. The fraction of sp³-hybridized carbons (Fsp3) is 0.240. The maximum Gasteiger partial charge on any atom is 0.262 e. The quantitative estimate of drug-likeness (QED) is 0.409. The van der Waals surface area contributed by atoms with Crippen molar-refractivity contribution in [2.45, 2.75) is 33.1 Å². The minimum atomic E-state index is -0.186. The number of rotatable bonds is 8. The van der Waals surface area contributed by atoms with Gasteiger partial charge in [0.15, 0.2) is 6.61 Å². The number of benzene rings is 3. The number of ether oxygens (including phenoxy) is 1. The Kier molecular flexibility index (Phi) is 7.48. The van der Waals surface area contributed by atoms with Crippen LogP contribution in [0, 0.1) is 6.92 Å². The van der Waals surface area contributed by atoms with Gasteiger partial charge >= 0.3 is 0 Å². The van der Waals surface area contributed by atoms with Crippen molar-refractivity contribution in [3.05, 3.63) is 82.3 Å². The molecule has 1 N–H and O–H groups in total. The molecule has 1 amide bonds.